The summed E-state index contributed by atoms with van der Waals surface area (Å²) in [5.41, 5.74) is 2.93. The molecule has 1 heteroatoms. The zero-order valence-electron chi connectivity index (χ0n) is 19.3. The van der Waals surface area contributed by atoms with E-state index >= 15 is 0 Å². The molecular formula is C28H44N+. The standard InChI is InChI=1S/C28H44N/c1-4-7-22-29(23-8-5-2,24-9-6-3)25-16-21-28(26-17-12-10-13-18-26)27-19-14-11-15-20-27/h10-15,17-20,28H,4-9,16,21-25H2,1-3H3/q+1. The molecule has 2 aromatic carbocycles. The van der Waals surface area contributed by atoms with Gasteiger partial charge in [0.2, 0.25) is 0 Å². The van der Waals surface area contributed by atoms with Crippen LogP contribution in [0.5, 0.6) is 0 Å². The lowest BCUT2D eigenvalue weighted by Crippen LogP contribution is -2.50. The second-order valence-corrected chi connectivity index (χ2v) is 8.81. The number of rotatable bonds is 15. The Morgan fingerprint density at radius 3 is 1.31 bits per heavy atom. The summed E-state index contributed by atoms with van der Waals surface area (Å²) in [7, 11) is 0. The minimum atomic E-state index is 0.517. The lowest BCUT2D eigenvalue weighted by molar-refractivity contribution is -0.929. The molecule has 0 N–H and O–H groups in total. The molecule has 0 saturated heterocycles. The fourth-order valence-corrected chi connectivity index (χ4v) is 4.68. The van der Waals surface area contributed by atoms with Gasteiger partial charge in [0.25, 0.3) is 0 Å². The van der Waals surface area contributed by atoms with Crippen LogP contribution in [0, 0.1) is 0 Å². The minimum Gasteiger partial charge on any atom is -0.324 e. The molecule has 0 aromatic heterocycles. The largest absolute Gasteiger partial charge is 0.324 e. The maximum atomic E-state index is 2.34. The molecule has 0 amide bonds. The third-order valence-corrected chi connectivity index (χ3v) is 6.49. The predicted octanol–water partition coefficient (Wildman–Crippen LogP) is 7.82. The molecule has 0 saturated carbocycles. The average molecular weight is 395 g/mol. The van der Waals surface area contributed by atoms with Gasteiger partial charge in [0.1, 0.15) is 0 Å². The van der Waals surface area contributed by atoms with Crippen LogP contribution in [0.2, 0.25) is 0 Å². The van der Waals surface area contributed by atoms with E-state index < -0.39 is 0 Å². The predicted molar refractivity (Wildman–Crippen MR) is 128 cm³/mol. The van der Waals surface area contributed by atoms with Crippen LogP contribution in [-0.2, 0) is 0 Å². The quantitative estimate of drug-likeness (QED) is 0.270. The Kier molecular flexibility index (Phi) is 11.1. The van der Waals surface area contributed by atoms with Crippen LogP contribution in [0.3, 0.4) is 0 Å². The van der Waals surface area contributed by atoms with Crippen molar-refractivity contribution in [3.05, 3.63) is 71.8 Å². The molecule has 29 heavy (non-hydrogen) atoms. The Morgan fingerprint density at radius 1 is 0.552 bits per heavy atom. The van der Waals surface area contributed by atoms with E-state index in [1.54, 1.807) is 0 Å². The minimum absolute atomic E-state index is 0.517. The molecule has 0 aliphatic heterocycles. The van der Waals surface area contributed by atoms with Gasteiger partial charge in [-0.05, 0) is 43.2 Å². The highest BCUT2D eigenvalue weighted by Crippen LogP contribution is 2.30. The number of benzene rings is 2. The van der Waals surface area contributed by atoms with Crippen molar-refractivity contribution in [3.63, 3.8) is 0 Å². The van der Waals surface area contributed by atoms with Crippen molar-refractivity contribution >= 4 is 0 Å². The summed E-state index contributed by atoms with van der Waals surface area (Å²) in [6, 6.07) is 22.3. The maximum Gasteiger partial charge on any atom is 0.0786 e. The van der Waals surface area contributed by atoms with E-state index in [1.165, 1.54) is 93.2 Å². The molecule has 160 valence electrons. The molecule has 0 unspecified atom stereocenters. The number of unbranched alkanes of at least 4 members (excludes halogenated alkanes) is 3. The molecule has 0 fully saturated rings. The molecule has 0 atom stereocenters. The van der Waals surface area contributed by atoms with Crippen molar-refractivity contribution in [1.82, 2.24) is 0 Å². The van der Waals surface area contributed by atoms with Gasteiger partial charge in [-0.15, -0.1) is 0 Å². The van der Waals surface area contributed by atoms with Gasteiger partial charge < -0.3 is 4.48 Å². The summed E-state index contributed by atoms with van der Waals surface area (Å²) < 4.78 is 1.35. The Labute approximate surface area is 180 Å². The first-order valence-corrected chi connectivity index (χ1v) is 12.2. The van der Waals surface area contributed by atoms with Gasteiger partial charge in [0.15, 0.2) is 0 Å². The van der Waals surface area contributed by atoms with Crippen molar-refractivity contribution in [1.29, 1.82) is 0 Å². The van der Waals surface area contributed by atoms with Crippen molar-refractivity contribution in [2.45, 2.75) is 78.1 Å². The molecule has 1 nitrogen and oxygen atoms in total. The van der Waals surface area contributed by atoms with Crippen LogP contribution < -0.4 is 0 Å². The van der Waals surface area contributed by atoms with Gasteiger partial charge in [-0.1, -0.05) is 101 Å². The zero-order chi connectivity index (χ0) is 20.8. The molecule has 2 rings (SSSR count). The van der Waals surface area contributed by atoms with Gasteiger partial charge in [-0.3, -0.25) is 0 Å². The van der Waals surface area contributed by atoms with E-state index in [0.717, 1.165) is 0 Å². The summed E-state index contributed by atoms with van der Waals surface area (Å²) >= 11 is 0. The van der Waals surface area contributed by atoms with Gasteiger partial charge >= 0.3 is 0 Å². The van der Waals surface area contributed by atoms with Crippen LogP contribution in [0.4, 0.5) is 0 Å². The molecule has 0 spiro atoms. The third kappa shape index (κ3) is 7.97. The van der Waals surface area contributed by atoms with Crippen LogP contribution in [-0.4, -0.2) is 30.7 Å². The van der Waals surface area contributed by atoms with E-state index in [9.17, 15) is 0 Å². The topological polar surface area (TPSA) is 0 Å². The number of quaternary nitrogens is 1. The number of nitrogens with zero attached hydrogens (tertiary/aromatic N) is 1. The molecule has 2 aromatic rings. The van der Waals surface area contributed by atoms with Crippen molar-refractivity contribution < 1.29 is 4.48 Å². The summed E-state index contributed by atoms with van der Waals surface area (Å²) in [6.45, 7) is 12.5. The number of hydrogen-bond acceptors (Lipinski definition) is 0. The van der Waals surface area contributed by atoms with Gasteiger partial charge in [-0.25, -0.2) is 0 Å². The highest BCUT2D eigenvalue weighted by molar-refractivity contribution is 5.32. The molecule has 0 heterocycles. The van der Waals surface area contributed by atoms with E-state index in [0.29, 0.717) is 5.92 Å². The Bertz CT molecular complexity index is 573. The van der Waals surface area contributed by atoms with Crippen molar-refractivity contribution in [3.8, 4) is 0 Å². The second kappa shape index (κ2) is 13.6. The van der Waals surface area contributed by atoms with Gasteiger partial charge in [0.05, 0.1) is 26.2 Å². The average Bonchev–Trinajstić information content (AvgIpc) is 2.78. The Balaban J connectivity index is 2.11. The molecule has 0 bridgehead atoms. The zero-order valence-corrected chi connectivity index (χ0v) is 19.3. The van der Waals surface area contributed by atoms with E-state index in [1.807, 2.05) is 0 Å². The SMILES string of the molecule is CCCC[N+](CCCC)(CCCC)CCCC(c1ccccc1)c1ccccc1. The molecular weight excluding hydrogens is 350 g/mol. The first-order chi connectivity index (χ1) is 14.2. The summed E-state index contributed by atoms with van der Waals surface area (Å²) in [5, 5.41) is 0. The summed E-state index contributed by atoms with van der Waals surface area (Å²) in [4.78, 5) is 0. The first kappa shape index (κ1) is 23.7. The molecule has 0 aliphatic carbocycles. The van der Waals surface area contributed by atoms with Crippen molar-refractivity contribution in [2.75, 3.05) is 26.2 Å². The van der Waals surface area contributed by atoms with Crippen LogP contribution in [0.1, 0.15) is 89.2 Å². The lowest BCUT2D eigenvalue weighted by atomic mass is 9.87. The molecule has 0 aliphatic rings. The monoisotopic (exact) mass is 394 g/mol. The second-order valence-electron chi connectivity index (χ2n) is 8.81. The van der Waals surface area contributed by atoms with Crippen LogP contribution in [0.25, 0.3) is 0 Å². The Morgan fingerprint density at radius 2 is 0.931 bits per heavy atom. The molecule has 0 radical (unpaired) electrons. The third-order valence-electron chi connectivity index (χ3n) is 6.49. The highest BCUT2D eigenvalue weighted by Gasteiger charge is 2.26. The smallest absolute Gasteiger partial charge is 0.0786 e. The number of hydrogen-bond donors (Lipinski definition) is 0. The van der Waals surface area contributed by atoms with Gasteiger partial charge in [0, 0.05) is 5.92 Å². The Hall–Kier alpha value is -1.60. The van der Waals surface area contributed by atoms with E-state index in [4.69, 9.17) is 0 Å². The van der Waals surface area contributed by atoms with Crippen molar-refractivity contribution in [2.24, 2.45) is 0 Å². The van der Waals surface area contributed by atoms with Crippen LogP contribution >= 0.6 is 0 Å². The first-order valence-electron chi connectivity index (χ1n) is 12.2. The van der Waals surface area contributed by atoms with E-state index in [2.05, 4.69) is 81.4 Å². The fourth-order valence-electron chi connectivity index (χ4n) is 4.68. The van der Waals surface area contributed by atoms with E-state index in [-0.39, 0.29) is 0 Å². The summed E-state index contributed by atoms with van der Waals surface area (Å²) in [5.74, 6) is 0.517. The highest BCUT2D eigenvalue weighted by atomic mass is 15.3. The lowest BCUT2D eigenvalue weighted by Gasteiger charge is -2.39. The fraction of sp³-hybridized carbons (Fsp3) is 0.571. The van der Waals surface area contributed by atoms with Crippen LogP contribution in [0.15, 0.2) is 60.7 Å². The van der Waals surface area contributed by atoms with Gasteiger partial charge in [-0.2, -0.15) is 0 Å². The maximum absolute atomic E-state index is 2.34. The summed E-state index contributed by atoms with van der Waals surface area (Å²) in [6.07, 6.45) is 10.6. The normalized spacial score (nSPS) is 11.9.